The van der Waals surface area contributed by atoms with Gasteiger partial charge in [0, 0.05) is 18.0 Å². The molecule has 3 rings (SSSR count). The largest absolute Gasteiger partial charge is 0.444 e. The van der Waals surface area contributed by atoms with Gasteiger partial charge in [-0.1, -0.05) is 0 Å². The Morgan fingerprint density at radius 3 is 3.14 bits per heavy atom. The van der Waals surface area contributed by atoms with Crippen molar-refractivity contribution in [2.75, 3.05) is 13.1 Å². The number of carbonyl (C=O) groups excluding carboxylic acids is 1. The summed E-state index contributed by atoms with van der Waals surface area (Å²) >= 11 is 1.88. The summed E-state index contributed by atoms with van der Waals surface area (Å²) in [4.78, 5) is 13.3. The van der Waals surface area contributed by atoms with E-state index >= 15 is 0 Å². The number of carbonyl (C=O) groups is 1. The van der Waals surface area contributed by atoms with Gasteiger partial charge in [-0.25, -0.2) is 4.79 Å². The molecule has 22 heavy (non-hydrogen) atoms. The third-order valence-corrected chi connectivity index (χ3v) is 5.75. The first kappa shape index (κ1) is 15.8. The van der Waals surface area contributed by atoms with Crippen LogP contribution in [0.15, 0.2) is 11.4 Å². The number of rotatable bonds is 2. The Balaban J connectivity index is 1.57. The van der Waals surface area contributed by atoms with E-state index in [1.165, 1.54) is 16.9 Å². The lowest BCUT2D eigenvalue weighted by molar-refractivity contribution is 0.0518. The smallest absolute Gasteiger partial charge is 0.407 e. The summed E-state index contributed by atoms with van der Waals surface area (Å²) in [6, 6.07) is 2.27. The standard InChI is InChI=1S/C17H26N2O2S/c1-16(2,3)21-15(20)18-11-12-4-7-17(10-12)14-13(5-8-19-17)6-9-22-14/h6,9,12,19H,4-5,7-8,10-11H2,1-3H3,(H,18,20). The fourth-order valence-corrected chi connectivity index (χ4v) is 4.87. The van der Waals surface area contributed by atoms with Gasteiger partial charge in [-0.2, -0.15) is 0 Å². The minimum atomic E-state index is -0.433. The van der Waals surface area contributed by atoms with Crippen molar-refractivity contribution in [3.8, 4) is 0 Å². The number of hydrogen-bond acceptors (Lipinski definition) is 4. The van der Waals surface area contributed by atoms with Crippen LogP contribution >= 0.6 is 11.3 Å². The normalized spacial score (nSPS) is 27.7. The van der Waals surface area contributed by atoms with E-state index in [4.69, 9.17) is 4.74 Å². The number of amides is 1. The second-order valence-corrected chi connectivity index (χ2v) is 8.44. The van der Waals surface area contributed by atoms with Crippen molar-refractivity contribution in [2.45, 2.75) is 57.6 Å². The molecular weight excluding hydrogens is 296 g/mol. The Morgan fingerprint density at radius 2 is 2.36 bits per heavy atom. The van der Waals surface area contributed by atoms with Gasteiger partial charge in [-0.3, -0.25) is 0 Å². The summed E-state index contributed by atoms with van der Waals surface area (Å²) in [6.45, 7) is 7.44. The molecule has 1 saturated carbocycles. The summed E-state index contributed by atoms with van der Waals surface area (Å²) < 4.78 is 5.31. The average Bonchev–Trinajstić information content (AvgIpc) is 3.03. The second-order valence-electron chi connectivity index (χ2n) is 7.53. The van der Waals surface area contributed by atoms with E-state index in [-0.39, 0.29) is 11.6 Å². The summed E-state index contributed by atoms with van der Waals surface area (Å²) in [5.41, 5.74) is 1.24. The zero-order valence-electron chi connectivity index (χ0n) is 13.7. The zero-order chi connectivity index (χ0) is 15.8. The van der Waals surface area contributed by atoms with E-state index in [2.05, 4.69) is 22.1 Å². The molecule has 1 amide bonds. The molecule has 5 heteroatoms. The lowest BCUT2D eigenvalue weighted by Crippen LogP contribution is -2.45. The van der Waals surface area contributed by atoms with E-state index in [1.54, 1.807) is 0 Å². The Kier molecular flexibility index (Phi) is 4.21. The van der Waals surface area contributed by atoms with Crippen LogP contribution in [0.2, 0.25) is 0 Å². The molecule has 2 heterocycles. The third-order valence-electron chi connectivity index (χ3n) is 4.59. The Bertz CT molecular complexity index is 549. The molecule has 0 saturated heterocycles. The van der Waals surface area contributed by atoms with Crippen molar-refractivity contribution >= 4 is 17.4 Å². The first-order valence-electron chi connectivity index (χ1n) is 8.17. The minimum absolute atomic E-state index is 0.155. The molecule has 1 fully saturated rings. The summed E-state index contributed by atoms with van der Waals surface area (Å²) in [5, 5.41) is 8.91. The van der Waals surface area contributed by atoms with Crippen LogP contribution in [0.4, 0.5) is 4.79 Å². The topological polar surface area (TPSA) is 50.4 Å². The summed E-state index contributed by atoms with van der Waals surface area (Å²) in [6.07, 6.45) is 4.26. The van der Waals surface area contributed by atoms with E-state index in [0.717, 1.165) is 25.8 Å². The van der Waals surface area contributed by atoms with E-state index in [9.17, 15) is 4.79 Å². The first-order chi connectivity index (χ1) is 10.4. The molecule has 0 aromatic carbocycles. The highest BCUT2D eigenvalue weighted by atomic mass is 32.1. The van der Waals surface area contributed by atoms with Crippen LogP contribution < -0.4 is 10.6 Å². The molecule has 4 nitrogen and oxygen atoms in total. The lowest BCUT2D eigenvalue weighted by atomic mass is 9.87. The monoisotopic (exact) mass is 322 g/mol. The molecule has 122 valence electrons. The van der Waals surface area contributed by atoms with Crippen molar-refractivity contribution < 1.29 is 9.53 Å². The van der Waals surface area contributed by atoms with Gasteiger partial charge in [0.05, 0.1) is 5.54 Å². The molecule has 1 aliphatic carbocycles. The molecule has 0 bridgehead atoms. The van der Waals surface area contributed by atoms with Crippen molar-refractivity contribution in [1.29, 1.82) is 0 Å². The van der Waals surface area contributed by atoms with Crippen molar-refractivity contribution in [1.82, 2.24) is 10.6 Å². The second kappa shape index (κ2) is 5.85. The zero-order valence-corrected chi connectivity index (χ0v) is 14.5. The number of alkyl carbamates (subject to hydrolysis) is 1. The molecule has 1 spiro atoms. The van der Waals surface area contributed by atoms with Gasteiger partial charge < -0.3 is 15.4 Å². The predicted molar refractivity (Wildman–Crippen MR) is 89.3 cm³/mol. The van der Waals surface area contributed by atoms with Gasteiger partial charge in [0.1, 0.15) is 5.60 Å². The SMILES string of the molecule is CC(C)(C)OC(=O)NCC1CCC2(C1)NCCc1ccsc12. The highest BCUT2D eigenvalue weighted by molar-refractivity contribution is 7.10. The number of nitrogens with one attached hydrogen (secondary N) is 2. The van der Waals surface area contributed by atoms with Crippen molar-refractivity contribution in [3.63, 3.8) is 0 Å². The lowest BCUT2D eigenvalue weighted by Gasteiger charge is -2.35. The van der Waals surface area contributed by atoms with Crippen LogP contribution in [-0.2, 0) is 16.7 Å². The van der Waals surface area contributed by atoms with E-state index in [1.807, 2.05) is 32.1 Å². The molecule has 2 atom stereocenters. The Morgan fingerprint density at radius 1 is 1.55 bits per heavy atom. The molecule has 2 unspecified atom stereocenters. The van der Waals surface area contributed by atoms with Crippen LogP contribution in [0, 0.1) is 5.92 Å². The van der Waals surface area contributed by atoms with Crippen molar-refractivity contribution in [2.24, 2.45) is 5.92 Å². The van der Waals surface area contributed by atoms with Crippen LogP contribution in [0.25, 0.3) is 0 Å². The number of fused-ring (bicyclic) bond motifs is 2. The highest BCUT2D eigenvalue weighted by Crippen LogP contribution is 2.46. The molecule has 1 aromatic rings. The van der Waals surface area contributed by atoms with Crippen LogP contribution in [0.3, 0.4) is 0 Å². The van der Waals surface area contributed by atoms with E-state index in [0.29, 0.717) is 12.5 Å². The molecule has 2 N–H and O–H groups in total. The van der Waals surface area contributed by atoms with Crippen LogP contribution in [0.5, 0.6) is 0 Å². The molecule has 1 aliphatic heterocycles. The average molecular weight is 322 g/mol. The van der Waals surface area contributed by atoms with Gasteiger partial charge in [-0.15, -0.1) is 11.3 Å². The van der Waals surface area contributed by atoms with Gasteiger partial charge in [-0.05, 0) is 69.4 Å². The Hall–Kier alpha value is -1.07. The molecular formula is C17H26N2O2S. The van der Waals surface area contributed by atoms with Gasteiger partial charge in [0.2, 0.25) is 0 Å². The quantitative estimate of drug-likeness (QED) is 0.877. The van der Waals surface area contributed by atoms with Gasteiger partial charge in [0.15, 0.2) is 0 Å². The van der Waals surface area contributed by atoms with Gasteiger partial charge in [0.25, 0.3) is 0 Å². The van der Waals surface area contributed by atoms with E-state index < -0.39 is 5.60 Å². The maximum absolute atomic E-state index is 11.8. The molecule has 0 radical (unpaired) electrons. The third kappa shape index (κ3) is 3.30. The molecule has 1 aromatic heterocycles. The highest BCUT2D eigenvalue weighted by Gasteiger charge is 2.43. The Labute approximate surface area is 136 Å². The van der Waals surface area contributed by atoms with Crippen LogP contribution in [0.1, 0.15) is 50.5 Å². The number of hydrogen-bond donors (Lipinski definition) is 2. The van der Waals surface area contributed by atoms with Crippen molar-refractivity contribution in [3.05, 3.63) is 21.9 Å². The fourth-order valence-electron chi connectivity index (χ4n) is 3.70. The minimum Gasteiger partial charge on any atom is -0.444 e. The number of thiophene rings is 1. The first-order valence-corrected chi connectivity index (χ1v) is 9.05. The fraction of sp³-hybridized carbons (Fsp3) is 0.706. The summed E-state index contributed by atoms with van der Waals surface area (Å²) in [5.74, 6) is 0.521. The maximum Gasteiger partial charge on any atom is 0.407 e. The predicted octanol–water partition coefficient (Wildman–Crippen LogP) is 3.41. The molecule has 2 aliphatic rings. The number of ether oxygens (including phenoxy) is 1. The summed E-state index contributed by atoms with van der Waals surface area (Å²) in [7, 11) is 0. The van der Waals surface area contributed by atoms with Crippen LogP contribution in [-0.4, -0.2) is 24.8 Å². The maximum atomic E-state index is 11.8. The van der Waals surface area contributed by atoms with Gasteiger partial charge >= 0.3 is 6.09 Å².